The van der Waals surface area contributed by atoms with Crippen molar-refractivity contribution < 1.29 is 4.39 Å². The van der Waals surface area contributed by atoms with Gasteiger partial charge in [0.05, 0.1) is 0 Å². The van der Waals surface area contributed by atoms with Crippen LogP contribution < -0.4 is 5.32 Å². The lowest BCUT2D eigenvalue weighted by molar-refractivity contribution is 0.558. The zero-order valence-electron chi connectivity index (χ0n) is 7.19. The van der Waals surface area contributed by atoms with Gasteiger partial charge in [-0.25, -0.2) is 4.39 Å². The lowest BCUT2D eigenvalue weighted by Crippen LogP contribution is -2.14. The maximum atomic E-state index is 13.4. The lowest BCUT2D eigenvalue weighted by Gasteiger charge is -2.11. The molecule has 1 atom stereocenters. The van der Waals surface area contributed by atoms with Crippen LogP contribution in [0.4, 0.5) is 4.39 Å². The Labute approximate surface area is 85.5 Å². The van der Waals surface area contributed by atoms with Crippen LogP contribution in [-0.4, -0.2) is 6.54 Å². The van der Waals surface area contributed by atoms with E-state index in [4.69, 9.17) is 0 Å². The molecule has 0 aliphatic carbocycles. The predicted octanol–water partition coefficient (Wildman–Crippen LogP) is 3.01. The van der Waals surface area contributed by atoms with Crippen LogP contribution >= 0.6 is 15.9 Å². The maximum Gasteiger partial charge on any atom is 0.129 e. The second-order valence-electron chi connectivity index (χ2n) is 3.31. The summed E-state index contributed by atoms with van der Waals surface area (Å²) >= 11 is 3.24. The van der Waals surface area contributed by atoms with Crippen LogP contribution in [0.3, 0.4) is 0 Å². The third kappa shape index (κ3) is 1.92. The zero-order chi connectivity index (χ0) is 9.26. The fraction of sp³-hybridized carbons (Fsp3) is 0.400. The molecule has 1 heterocycles. The quantitative estimate of drug-likeness (QED) is 0.800. The Balaban J connectivity index is 2.29. The highest BCUT2D eigenvalue weighted by molar-refractivity contribution is 9.10. The van der Waals surface area contributed by atoms with Gasteiger partial charge in [-0.05, 0) is 31.5 Å². The lowest BCUT2D eigenvalue weighted by atomic mass is 10.1. The van der Waals surface area contributed by atoms with Crippen LogP contribution in [-0.2, 0) is 0 Å². The van der Waals surface area contributed by atoms with Gasteiger partial charge in [0.2, 0.25) is 0 Å². The van der Waals surface area contributed by atoms with Gasteiger partial charge in [0.25, 0.3) is 0 Å². The molecule has 1 N–H and O–H groups in total. The van der Waals surface area contributed by atoms with Crippen LogP contribution in [0.15, 0.2) is 22.7 Å². The molecule has 1 aromatic rings. The van der Waals surface area contributed by atoms with E-state index in [0.717, 1.165) is 29.4 Å². The maximum absolute atomic E-state index is 13.4. The first-order chi connectivity index (χ1) is 6.27. The Morgan fingerprint density at radius 2 is 2.31 bits per heavy atom. The minimum atomic E-state index is -0.117. The fourth-order valence-corrected chi connectivity index (χ4v) is 2.07. The minimum Gasteiger partial charge on any atom is -0.310 e. The van der Waals surface area contributed by atoms with E-state index in [1.165, 1.54) is 6.07 Å². The Kier molecular flexibility index (Phi) is 2.65. The van der Waals surface area contributed by atoms with Crippen molar-refractivity contribution in [3.8, 4) is 0 Å². The summed E-state index contributed by atoms with van der Waals surface area (Å²) in [6, 6.07) is 5.48. The third-order valence-electron chi connectivity index (χ3n) is 2.40. The van der Waals surface area contributed by atoms with Gasteiger partial charge in [-0.2, -0.15) is 0 Å². The summed E-state index contributed by atoms with van der Waals surface area (Å²) in [4.78, 5) is 0. The standard InChI is InChI=1S/C10H11BrFN/c11-7-3-4-8(9(12)6-7)10-2-1-5-13-10/h3-4,6,10,13H,1-2,5H2/t10-/m1/s1. The predicted molar refractivity (Wildman–Crippen MR) is 54.1 cm³/mol. The highest BCUT2D eigenvalue weighted by Crippen LogP contribution is 2.26. The zero-order valence-corrected chi connectivity index (χ0v) is 8.77. The topological polar surface area (TPSA) is 12.0 Å². The van der Waals surface area contributed by atoms with E-state index >= 15 is 0 Å². The number of rotatable bonds is 1. The van der Waals surface area contributed by atoms with Crippen molar-refractivity contribution in [3.63, 3.8) is 0 Å². The summed E-state index contributed by atoms with van der Waals surface area (Å²) in [7, 11) is 0. The Hall–Kier alpha value is -0.410. The van der Waals surface area contributed by atoms with E-state index in [0.29, 0.717) is 0 Å². The van der Waals surface area contributed by atoms with Crippen LogP contribution in [0.25, 0.3) is 0 Å². The number of hydrogen-bond acceptors (Lipinski definition) is 1. The molecule has 0 unspecified atom stereocenters. The van der Waals surface area contributed by atoms with Crippen molar-refractivity contribution in [3.05, 3.63) is 34.1 Å². The number of nitrogens with one attached hydrogen (secondary N) is 1. The fourth-order valence-electron chi connectivity index (χ4n) is 1.73. The SMILES string of the molecule is Fc1cc(Br)ccc1[C@H]1CCCN1. The molecule has 1 aliphatic heterocycles. The first-order valence-electron chi connectivity index (χ1n) is 4.46. The van der Waals surface area contributed by atoms with Crippen LogP contribution in [0.5, 0.6) is 0 Å². The number of halogens is 2. The molecule has 0 spiro atoms. The highest BCUT2D eigenvalue weighted by Gasteiger charge is 2.19. The van der Waals surface area contributed by atoms with Gasteiger partial charge in [-0.3, -0.25) is 0 Å². The monoisotopic (exact) mass is 243 g/mol. The Morgan fingerprint density at radius 1 is 1.46 bits per heavy atom. The van der Waals surface area contributed by atoms with Crippen LogP contribution in [0.1, 0.15) is 24.4 Å². The summed E-state index contributed by atoms with van der Waals surface area (Å²) in [5, 5.41) is 3.28. The molecule has 1 fully saturated rings. The molecule has 1 nitrogen and oxygen atoms in total. The van der Waals surface area contributed by atoms with E-state index in [1.807, 2.05) is 12.1 Å². The summed E-state index contributed by atoms with van der Waals surface area (Å²) in [5.74, 6) is -0.117. The van der Waals surface area contributed by atoms with Gasteiger partial charge in [0, 0.05) is 16.1 Å². The van der Waals surface area contributed by atoms with Crippen molar-refractivity contribution >= 4 is 15.9 Å². The van der Waals surface area contributed by atoms with Crippen molar-refractivity contribution in [1.29, 1.82) is 0 Å². The first-order valence-corrected chi connectivity index (χ1v) is 5.25. The minimum absolute atomic E-state index is 0.117. The second kappa shape index (κ2) is 3.76. The van der Waals surface area contributed by atoms with Crippen molar-refractivity contribution in [2.45, 2.75) is 18.9 Å². The molecule has 70 valence electrons. The Bertz CT molecular complexity index is 308. The molecule has 1 aliphatic rings. The number of hydrogen-bond donors (Lipinski definition) is 1. The van der Waals surface area contributed by atoms with Crippen LogP contribution in [0.2, 0.25) is 0 Å². The summed E-state index contributed by atoms with van der Waals surface area (Å²) < 4.78 is 14.2. The summed E-state index contributed by atoms with van der Waals surface area (Å²) in [5.41, 5.74) is 0.792. The molecule has 1 aromatic carbocycles. The summed E-state index contributed by atoms with van der Waals surface area (Å²) in [6.45, 7) is 1.00. The van der Waals surface area contributed by atoms with Gasteiger partial charge in [-0.15, -0.1) is 0 Å². The average Bonchev–Trinajstić information content (AvgIpc) is 2.56. The average molecular weight is 244 g/mol. The van der Waals surface area contributed by atoms with Gasteiger partial charge in [0.15, 0.2) is 0 Å². The van der Waals surface area contributed by atoms with Crippen LogP contribution in [0, 0.1) is 5.82 Å². The molecule has 0 bridgehead atoms. The van der Waals surface area contributed by atoms with E-state index in [1.54, 1.807) is 0 Å². The molecular weight excluding hydrogens is 233 g/mol. The van der Waals surface area contributed by atoms with Gasteiger partial charge in [0.1, 0.15) is 5.82 Å². The summed E-state index contributed by atoms with van der Waals surface area (Å²) in [6.07, 6.45) is 2.18. The van der Waals surface area contributed by atoms with E-state index < -0.39 is 0 Å². The molecule has 1 saturated heterocycles. The van der Waals surface area contributed by atoms with Gasteiger partial charge < -0.3 is 5.32 Å². The first kappa shape index (κ1) is 9.16. The molecule has 2 rings (SSSR count). The molecule has 0 saturated carbocycles. The third-order valence-corrected chi connectivity index (χ3v) is 2.89. The smallest absolute Gasteiger partial charge is 0.129 e. The Morgan fingerprint density at radius 3 is 2.92 bits per heavy atom. The molecular formula is C10H11BrFN. The normalized spacial score (nSPS) is 22.2. The van der Waals surface area contributed by atoms with E-state index in [9.17, 15) is 4.39 Å². The second-order valence-corrected chi connectivity index (χ2v) is 4.23. The van der Waals surface area contributed by atoms with Crippen molar-refractivity contribution in [2.75, 3.05) is 6.54 Å². The number of benzene rings is 1. The van der Waals surface area contributed by atoms with Gasteiger partial charge in [-0.1, -0.05) is 22.0 Å². The molecule has 0 aromatic heterocycles. The van der Waals surface area contributed by atoms with Crippen molar-refractivity contribution in [2.24, 2.45) is 0 Å². The van der Waals surface area contributed by atoms with E-state index in [-0.39, 0.29) is 11.9 Å². The van der Waals surface area contributed by atoms with Gasteiger partial charge >= 0.3 is 0 Å². The molecule has 0 radical (unpaired) electrons. The molecule has 3 heteroatoms. The molecule has 13 heavy (non-hydrogen) atoms. The highest BCUT2D eigenvalue weighted by atomic mass is 79.9. The van der Waals surface area contributed by atoms with E-state index in [2.05, 4.69) is 21.2 Å². The largest absolute Gasteiger partial charge is 0.310 e. The molecule has 0 amide bonds. The van der Waals surface area contributed by atoms with Crippen molar-refractivity contribution in [1.82, 2.24) is 5.32 Å².